The molecule has 11 heavy (non-hydrogen) atoms. The topological polar surface area (TPSA) is 0 Å². The van der Waals surface area contributed by atoms with Gasteiger partial charge in [-0.2, -0.15) is 0 Å². The van der Waals surface area contributed by atoms with Crippen LogP contribution in [0.4, 0.5) is 4.39 Å². The first-order valence-corrected chi connectivity index (χ1v) is 3.64. The van der Waals surface area contributed by atoms with Crippen LogP contribution in [-0.4, -0.2) is 0 Å². The van der Waals surface area contributed by atoms with E-state index in [1.807, 2.05) is 24.6 Å². The first-order chi connectivity index (χ1) is 5.36. The van der Waals surface area contributed by atoms with Crippen molar-refractivity contribution < 1.29 is 4.39 Å². The van der Waals surface area contributed by atoms with Gasteiger partial charge in [0.25, 0.3) is 0 Å². The molecule has 0 unspecified atom stereocenters. The number of allylic oxidation sites excluding steroid dienone is 2. The highest BCUT2D eigenvalue weighted by Crippen LogP contribution is 2.18. The molecule has 0 atom stereocenters. The quantitative estimate of drug-likeness (QED) is 0.529. The van der Waals surface area contributed by atoms with Gasteiger partial charge in [0, 0.05) is 6.42 Å². The van der Waals surface area contributed by atoms with E-state index in [1.54, 1.807) is 6.07 Å². The molecule has 1 aromatic carbocycles. The minimum Gasteiger partial charge on any atom is -0.207 e. The lowest BCUT2D eigenvalue weighted by Gasteiger charge is -2.09. The zero-order chi connectivity index (χ0) is 7.68. The zero-order valence-electron chi connectivity index (χ0n) is 6.05. The molecule has 0 saturated carbocycles. The van der Waals surface area contributed by atoms with Gasteiger partial charge >= 0.3 is 0 Å². The molecule has 2 rings (SSSR count). The lowest BCUT2D eigenvalue weighted by molar-refractivity contribution is 0.625. The molecular formula is C10H8F. The SMILES string of the molecule is Fc1ccc2c(c1)CC=C[CH]2. The van der Waals surface area contributed by atoms with E-state index in [0.29, 0.717) is 0 Å². The van der Waals surface area contributed by atoms with Crippen molar-refractivity contribution in [2.45, 2.75) is 6.42 Å². The Morgan fingerprint density at radius 2 is 2.18 bits per heavy atom. The fourth-order valence-corrected chi connectivity index (χ4v) is 1.28. The van der Waals surface area contributed by atoms with E-state index < -0.39 is 0 Å². The minimum atomic E-state index is -0.146. The molecule has 1 aliphatic rings. The molecule has 0 heterocycles. The zero-order valence-corrected chi connectivity index (χ0v) is 6.05. The molecule has 1 radical (unpaired) electrons. The van der Waals surface area contributed by atoms with E-state index in [0.717, 1.165) is 17.5 Å². The van der Waals surface area contributed by atoms with Crippen molar-refractivity contribution in [2.75, 3.05) is 0 Å². The summed E-state index contributed by atoms with van der Waals surface area (Å²) in [6.07, 6.45) is 6.88. The number of benzene rings is 1. The Bertz CT molecular complexity index is 300. The van der Waals surface area contributed by atoms with Gasteiger partial charge in [0.1, 0.15) is 5.82 Å². The summed E-state index contributed by atoms with van der Waals surface area (Å²) in [5.41, 5.74) is 2.21. The summed E-state index contributed by atoms with van der Waals surface area (Å²) in [4.78, 5) is 0. The van der Waals surface area contributed by atoms with Crippen LogP contribution in [0.15, 0.2) is 30.4 Å². The Morgan fingerprint density at radius 1 is 1.27 bits per heavy atom. The first-order valence-electron chi connectivity index (χ1n) is 3.64. The summed E-state index contributed by atoms with van der Waals surface area (Å²) in [5, 5.41) is 0. The normalized spacial score (nSPS) is 14.6. The molecule has 0 aliphatic heterocycles. The van der Waals surface area contributed by atoms with Crippen molar-refractivity contribution in [1.82, 2.24) is 0 Å². The molecule has 55 valence electrons. The predicted molar refractivity (Wildman–Crippen MR) is 42.6 cm³/mol. The molecule has 0 saturated heterocycles. The van der Waals surface area contributed by atoms with Crippen LogP contribution in [0.5, 0.6) is 0 Å². The van der Waals surface area contributed by atoms with E-state index in [2.05, 4.69) is 0 Å². The smallest absolute Gasteiger partial charge is 0.123 e. The molecule has 0 N–H and O–H groups in total. The third kappa shape index (κ3) is 1.18. The molecule has 0 spiro atoms. The first kappa shape index (κ1) is 6.59. The maximum atomic E-state index is 12.7. The number of halogens is 1. The lowest BCUT2D eigenvalue weighted by atomic mass is 9.97. The molecule has 0 amide bonds. The monoisotopic (exact) mass is 147 g/mol. The van der Waals surface area contributed by atoms with E-state index in [1.165, 1.54) is 6.07 Å². The Morgan fingerprint density at radius 3 is 3.09 bits per heavy atom. The van der Waals surface area contributed by atoms with Crippen LogP contribution >= 0.6 is 0 Å². The number of rotatable bonds is 0. The molecule has 1 aromatic rings. The van der Waals surface area contributed by atoms with Gasteiger partial charge in [0.15, 0.2) is 0 Å². The highest BCUT2D eigenvalue weighted by atomic mass is 19.1. The highest BCUT2D eigenvalue weighted by molar-refractivity contribution is 5.41. The number of hydrogen-bond donors (Lipinski definition) is 0. The summed E-state index contributed by atoms with van der Waals surface area (Å²) in [6, 6.07) is 4.90. The Labute approximate surface area is 65.4 Å². The largest absolute Gasteiger partial charge is 0.207 e. The van der Waals surface area contributed by atoms with Crippen molar-refractivity contribution in [2.24, 2.45) is 0 Å². The Balaban J connectivity index is 2.48. The van der Waals surface area contributed by atoms with Crippen LogP contribution in [0.1, 0.15) is 11.1 Å². The fraction of sp³-hybridized carbons (Fsp3) is 0.100. The van der Waals surface area contributed by atoms with Gasteiger partial charge in [0.2, 0.25) is 0 Å². The van der Waals surface area contributed by atoms with E-state index in [-0.39, 0.29) is 5.82 Å². The van der Waals surface area contributed by atoms with Crippen LogP contribution in [0, 0.1) is 12.2 Å². The van der Waals surface area contributed by atoms with Gasteiger partial charge in [-0.25, -0.2) is 4.39 Å². The van der Waals surface area contributed by atoms with Crippen LogP contribution in [0.25, 0.3) is 0 Å². The Kier molecular flexibility index (Phi) is 1.50. The van der Waals surface area contributed by atoms with Gasteiger partial charge in [0.05, 0.1) is 0 Å². The van der Waals surface area contributed by atoms with Gasteiger partial charge in [-0.1, -0.05) is 18.2 Å². The minimum absolute atomic E-state index is 0.146. The molecule has 1 heteroatoms. The average Bonchev–Trinajstić information content (AvgIpc) is 2.04. The molecule has 0 bridgehead atoms. The molecule has 1 aliphatic carbocycles. The Hall–Kier alpha value is -1.11. The van der Waals surface area contributed by atoms with E-state index in [4.69, 9.17) is 0 Å². The summed E-state index contributed by atoms with van der Waals surface area (Å²) in [6.45, 7) is 0. The lowest BCUT2D eigenvalue weighted by Crippen LogP contribution is -1.95. The van der Waals surface area contributed by atoms with Crippen molar-refractivity contribution >= 4 is 0 Å². The third-order valence-corrected chi connectivity index (χ3v) is 1.85. The van der Waals surface area contributed by atoms with Crippen molar-refractivity contribution in [3.63, 3.8) is 0 Å². The second-order valence-electron chi connectivity index (χ2n) is 2.64. The summed E-state index contributed by atoms with van der Waals surface area (Å²) < 4.78 is 12.7. The van der Waals surface area contributed by atoms with Crippen LogP contribution < -0.4 is 0 Å². The summed E-state index contributed by atoms with van der Waals surface area (Å²) >= 11 is 0. The van der Waals surface area contributed by atoms with E-state index in [9.17, 15) is 4.39 Å². The van der Waals surface area contributed by atoms with Gasteiger partial charge in [-0.3, -0.25) is 0 Å². The molecule has 0 fully saturated rings. The molecular weight excluding hydrogens is 139 g/mol. The molecule has 0 aromatic heterocycles. The second kappa shape index (κ2) is 2.50. The van der Waals surface area contributed by atoms with Crippen LogP contribution in [0.3, 0.4) is 0 Å². The van der Waals surface area contributed by atoms with Crippen molar-refractivity contribution in [1.29, 1.82) is 0 Å². The highest BCUT2D eigenvalue weighted by Gasteiger charge is 2.04. The fourth-order valence-electron chi connectivity index (χ4n) is 1.28. The third-order valence-electron chi connectivity index (χ3n) is 1.85. The molecule has 0 nitrogen and oxygen atoms in total. The van der Waals surface area contributed by atoms with Crippen LogP contribution in [-0.2, 0) is 6.42 Å². The summed E-state index contributed by atoms with van der Waals surface area (Å²) in [7, 11) is 0. The predicted octanol–water partition coefficient (Wildman–Crippen LogP) is 2.49. The average molecular weight is 147 g/mol. The van der Waals surface area contributed by atoms with Gasteiger partial charge in [-0.05, 0) is 29.7 Å². The maximum absolute atomic E-state index is 12.7. The van der Waals surface area contributed by atoms with E-state index >= 15 is 0 Å². The number of hydrogen-bond acceptors (Lipinski definition) is 0. The maximum Gasteiger partial charge on any atom is 0.123 e. The number of fused-ring (bicyclic) bond motifs is 1. The van der Waals surface area contributed by atoms with Gasteiger partial charge in [-0.15, -0.1) is 0 Å². The summed E-state index contributed by atoms with van der Waals surface area (Å²) in [5.74, 6) is -0.146. The van der Waals surface area contributed by atoms with Crippen LogP contribution in [0.2, 0.25) is 0 Å². The standard InChI is InChI=1S/C10H8F/c11-10-6-5-8-3-1-2-4-9(8)7-10/h1-3,5-7H,4H2. The second-order valence-corrected chi connectivity index (χ2v) is 2.64. The van der Waals surface area contributed by atoms with Crippen molar-refractivity contribution in [3.8, 4) is 0 Å². The van der Waals surface area contributed by atoms with Crippen molar-refractivity contribution in [3.05, 3.63) is 53.7 Å². The van der Waals surface area contributed by atoms with Gasteiger partial charge < -0.3 is 0 Å².